The first kappa shape index (κ1) is 20.0. The second kappa shape index (κ2) is 9.98. The summed E-state index contributed by atoms with van der Waals surface area (Å²) in [4.78, 5) is 14.6. The Kier molecular flexibility index (Phi) is 7.39. The van der Waals surface area contributed by atoms with Crippen LogP contribution in [-0.4, -0.2) is 44.2 Å². The summed E-state index contributed by atoms with van der Waals surface area (Å²) < 4.78 is 10.8. The zero-order valence-corrected chi connectivity index (χ0v) is 16.9. The minimum Gasteiger partial charge on any atom is -0.493 e. The van der Waals surface area contributed by atoms with Crippen LogP contribution in [-0.2, 0) is 17.8 Å². The van der Waals surface area contributed by atoms with Crippen molar-refractivity contribution >= 4 is 5.91 Å². The molecule has 0 saturated heterocycles. The Hall–Kier alpha value is -1.75. The topological polar surface area (TPSA) is 50.8 Å². The number of rotatable bonds is 7. The van der Waals surface area contributed by atoms with Crippen LogP contribution >= 0.6 is 0 Å². The maximum atomic E-state index is 12.6. The minimum absolute atomic E-state index is 0.262. The van der Waals surface area contributed by atoms with Gasteiger partial charge in [-0.15, -0.1) is 0 Å². The first-order valence-corrected chi connectivity index (χ1v) is 10.5. The first-order valence-electron chi connectivity index (χ1n) is 10.5. The fraction of sp³-hybridized carbons (Fsp3) is 0.682. The van der Waals surface area contributed by atoms with Gasteiger partial charge < -0.3 is 19.7 Å². The summed E-state index contributed by atoms with van der Waals surface area (Å²) >= 11 is 0. The number of amides is 1. The van der Waals surface area contributed by atoms with E-state index in [1.807, 2.05) is 17.0 Å². The highest BCUT2D eigenvalue weighted by Gasteiger charge is 2.22. The first-order chi connectivity index (χ1) is 13.2. The van der Waals surface area contributed by atoms with Crippen molar-refractivity contribution in [1.82, 2.24) is 10.2 Å². The van der Waals surface area contributed by atoms with Gasteiger partial charge in [-0.1, -0.05) is 25.7 Å². The van der Waals surface area contributed by atoms with Crippen molar-refractivity contribution in [2.24, 2.45) is 0 Å². The van der Waals surface area contributed by atoms with Crippen molar-refractivity contribution in [2.75, 3.05) is 27.3 Å². The molecule has 5 heteroatoms. The molecule has 0 bridgehead atoms. The van der Waals surface area contributed by atoms with Crippen LogP contribution in [0.3, 0.4) is 0 Å². The molecule has 0 atom stereocenters. The van der Waals surface area contributed by atoms with Crippen LogP contribution in [0.4, 0.5) is 0 Å². The molecule has 27 heavy (non-hydrogen) atoms. The van der Waals surface area contributed by atoms with Crippen LogP contribution in [0.15, 0.2) is 12.1 Å². The molecule has 1 heterocycles. The van der Waals surface area contributed by atoms with Gasteiger partial charge in [-0.2, -0.15) is 0 Å². The Balaban J connectivity index is 1.46. The van der Waals surface area contributed by atoms with Gasteiger partial charge in [-0.05, 0) is 55.5 Å². The molecule has 1 aliphatic carbocycles. The maximum absolute atomic E-state index is 12.6. The molecule has 3 rings (SSSR count). The van der Waals surface area contributed by atoms with E-state index in [0.29, 0.717) is 19.0 Å². The van der Waals surface area contributed by atoms with E-state index >= 15 is 0 Å². The molecular formula is C22H34N2O3. The molecule has 0 unspecified atom stereocenters. The fourth-order valence-corrected chi connectivity index (χ4v) is 4.28. The number of fused-ring (bicyclic) bond motifs is 1. The van der Waals surface area contributed by atoms with Crippen molar-refractivity contribution in [3.05, 3.63) is 23.3 Å². The summed E-state index contributed by atoms with van der Waals surface area (Å²) in [5.74, 6) is 1.76. The average molecular weight is 375 g/mol. The van der Waals surface area contributed by atoms with E-state index in [1.165, 1.54) is 49.7 Å². The third kappa shape index (κ3) is 5.38. The lowest BCUT2D eigenvalue weighted by molar-refractivity contribution is -0.132. The monoisotopic (exact) mass is 374 g/mol. The van der Waals surface area contributed by atoms with E-state index in [0.717, 1.165) is 37.4 Å². The summed E-state index contributed by atoms with van der Waals surface area (Å²) in [6.07, 6.45) is 10.5. The molecule has 1 aromatic rings. The van der Waals surface area contributed by atoms with Crippen molar-refractivity contribution < 1.29 is 14.3 Å². The number of carbonyl (C=O) groups is 1. The Bertz CT molecular complexity index is 624. The number of hydrogen-bond donors (Lipinski definition) is 1. The third-order valence-corrected chi connectivity index (χ3v) is 5.93. The van der Waals surface area contributed by atoms with Gasteiger partial charge in [0.15, 0.2) is 11.5 Å². The number of benzene rings is 1. The van der Waals surface area contributed by atoms with Crippen molar-refractivity contribution in [2.45, 2.75) is 70.4 Å². The number of methoxy groups -OCH3 is 2. The van der Waals surface area contributed by atoms with Gasteiger partial charge in [-0.25, -0.2) is 0 Å². The molecule has 0 spiro atoms. The Labute approximate surface area is 163 Å². The van der Waals surface area contributed by atoms with E-state index in [2.05, 4.69) is 5.32 Å². The van der Waals surface area contributed by atoms with Gasteiger partial charge in [0, 0.05) is 25.6 Å². The van der Waals surface area contributed by atoms with Crippen LogP contribution in [0.2, 0.25) is 0 Å². The van der Waals surface area contributed by atoms with Crippen LogP contribution in [0.5, 0.6) is 11.5 Å². The van der Waals surface area contributed by atoms with E-state index in [1.54, 1.807) is 14.2 Å². The standard InChI is InChI=1S/C22H34N2O3/c1-26-20-14-17-11-13-24(16-18(17)15-21(20)27-2)22(25)10-7-12-23-19-8-5-3-4-6-9-19/h14-15,19,23H,3-13,16H2,1-2H3. The SMILES string of the molecule is COc1cc2c(cc1OC)CN(C(=O)CCCNC1CCCCCC1)CC2. The van der Waals surface area contributed by atoms with E-state index in [4.69, 9.17) is 9.47 Å². The number of nitrogens with zero attached hydrogens (tertiary/aromatic N) is 1. The van der Waals surface area contributed by atoms with Crippen LogP contribution in [0, 0.1) is 0 Å². The van der Waals surface area contributed by atoms with Crippen molar-refractivity contribution in [3.63, 3.8) is 0 Å². The lowest BCUT2D eigenvalue weighted by Crippen LogP contribution is -2.36. The highest BCUT2D eigenvalue weighted by Crippen LogP contribution is 2.33. The van der Waals surface area contributed by atoms with Gasteiger partial charge >= 0.3 is 0 Å². The zero-order chi connectivity index (χ0) is 19.1. The van der Waals surface area contributed by atoms with Gasteiger partial charge in [0.05, 0.1) is 14.2 Å². The fourth-order valence-electron chi connectivity index (χ4n) is 4.28. The Morgan fingerprint density at radius 3 is 2.41 bits per heavy atom. The summed E-state index contributed by atoms with van der Waals surface area (Å²) in [6.45, 7) is 2.41. The lowest BCUT2D eigenvalue weighted by Gasteiger charge is -2.30. The smallest absolute Gasteiger partial charge is 0.222 e. The average Bonchev–Trinajstić information content (AvgIpc) is 2.98. The van der Waals surface area contributed by atoms with E-state index in [-0.39, 0.29) is 5.91 Å². The maximum Gasteiger partial charge on any atom is 0.222 e. The zero-order valence-electron chi connectivity index (χ0n) is 16.9. The van der Waals surface area contributed by atoms with E-state index < -0.39 is 0 Å². The normalized spacial score (nSPS) is 17.9. The quantitative estimate of drug-likeness (QED) is 0.584. The molecule has 1 saturated carbocycles. The molecule has 1 N–H and O–H groups in total. The molecule has 5 nitrogen and oxygen atoms in total. The van der Waals surface area contributed by atoms with Gasteiger partial charge in [0.25, 0.3) is 0 Å². The molecule has 1 fully saturated rings. The summed E-state index contributed by atoms with van der Waals surface area (Å²) in [7, 11) is 3.31. The number of carbonyl (C=O) groups excluding carboxylic acids is 1. The second-order valence-corrected chi connectivity index (χ2v) is 7.79. The Morgan fingerprint density at radius 1 is 1.07 bits per heavy atom. The van der Waals surface area contributed by atoms with Gasteiger partial charge in [-0.3, -0.25) is 4.79 Å². The Morgan fingerprint density at radius 2 is 1.74 bits per heavy atom. The molecule has 2 aliphatic rings. The molecule has 1 aromatic carbocycles. The lowest BCUT2D eigenvalue weighted by atomic mass is 9.98. The summed E-state index contributed by atoms with van der Waals surface area (Å²) in [5, 5.41) is 3.66. The highest BCUT2D eigenvalue weighted by atomic mass is 16.5. The highest BCUT2D eigenvalue weighted by molar-refractivity contribution is 5.76. The predicted octanol–water partition coefficient (Wildman–Crippen LogP) is 3.68. The van der Waals surface area contributed by atoms with Gasteiger partial charge in [0.1, 0.15) is 0 Å². The molecule has 1 amide bonds. The number of hydrogen-bond acceptors (Lipinski definition) is 4. The summed E-state index contributed by atoms with van der Waals surface area (Å²) in [6, 6.07) is 4.72. The van der Waals surface area contributed by atoms with Crippen LogP contribution in [0.25, 0.3) is 0 Å². The molecular weight excluding hydrogens is 340 g/mol. The second-order valence-electron chi connectivity index (χ2n) is 7.79. The predicted molar refractivity (Wildman–Crippen MR) is 107 cm³/mol. The molecule has 150 valence electrons. The van der Waals surface area contributed by atoms with E-state index in [9.17, 15) is 4.79 Å². The number of nitrogens with one attached hydrogen (secondary N) is 1. The molecule has 0 aromatic heterocycles. The summed E-state index contributed by atoms with van der Waals surface area (Å²) in [5.41, 5.74) is 2.43. The van der Waals surface area contributed by atoms with Crippen LogP contribution in [0.1, 0.15) is 62.5 Å². The number of ether oxygens (including phenoxy) is 2. The molecule has 0 radical (unpaired) electrons. The van der Waals surface area contributed by atoms with Gasteiger partial charge in [0.2, 0.25) is 5.91 Å². The molecule has 1 aliphatic heterocycles. The van der Waals surface area contributed by atoms with Crippen molar-refractivity contribution in [1.29, 1.82) is 0 Å². The minimum atomic E-state index is 0.262. The van der Waals surface area contributed by atoms with Crippen molar-refractivity contribution in [3.8, 4) is 11.5 Å². The largest absolute Gasteiger partial charge is 0.493 e. The van der Waals surface area contributed by atoms with Crippen LogP contribution < -0.4 is 14.8 Å². The third-order valence-electron chi connectivity index (χ3n) is 5.93.